The minimum atomic E-state index is 0.0919. The van der Waals surface area contributed by atoms with Gasteiger partial charge in [0.15, 0.2) is 0 Å². The second-order valence-electron chi connectivity index (χ2n) is 6.88. The number of urea groups is 1. The molecule has 1 aromatic rings. The number of benzene rings is 1. The first-order chi connectivity index (χ1) is 12.6. The number of hydrogen-bond acceptors (Lipinski definition) is 3. The zero-order chi connectivity index (χ0) is 18.4. The molecule has 0 bridgehead atoms. The predicted molar refractivity (Wildman–Crippen MR) is 103 cm³/mol. The number of rotatable bonds is 3. The average molecular weight is 356 g/mol. The van der Waals surface area contributed by atoms with E-state index in [1.165, 1.54) is 5.56 Å². The molecule has 1 aromatic carbocycles. The maximum absolute atomic E-state index is 12.7. The Morgan fingerprint density at radius 2 is 1.38 bits per heavy atom. The second-order valence-corrected chi connectivity index (χ2v) is 6.88. The van der Waals surface area contributed by atoms with Crippen molar-refractivity contribution in [3.63, 3.8) is 0 Å². The molecule has 3 amide bonds. The summed E-state index contributed by atoms with van der Waals surface area (Å²) in [5, 5.41) is 0. The van der Waals surface area contributed by atoms with E-state index in [0.29, 0.717) is 26.2 Å². The molecule has 2 saturated heterocycles. The summed E-state index contributed by atoms with van der Waals surface area (Å²) in [6, 6.07) is 10.4. The fraction of sp³-hybridized carbons (Fsp3) is 0.500. The monoisotopic (exact) mass is 356 g/mol. The maximum Gasteiger partial charge on any atom is 0.320 e. The summed E-state index contributed by atoms with van der Waals surface area (Å²) < 4.78 is 0. The molecule has 26 heavy (non-hydrogen) atoms. The summed E-state index contributed by atoms with van der Waals surface area (Å²) in [6.45, 7) is 8.40. The molecule has 0 aliphatic carbocycles. The van der Waals surface area contributed by atoms with Gasteiger partial charge >= 0.3 is 6.03 Å². The Kier molecular flexibility index (Phi) is 6.28. The molecule has 2 aliphatic heterocycles. The van der Waals surface area contributed by atoms with Gasteiger partial charge < -0.3 is 14.7 Å². The smallest absolute Gasteiger partial charge is 0.320 e. The van der Waals surface area contributed by atoms with E-state index in [4.69, 9.17) is 0 Å². The Morgan fingerprint density at radius 1 is 0.846 bits per heavy atom. The quantitative estimate of drug-likeness (QED) is 0.827. The van der Waals surface area contributed by atoms with Gasteiger partial charge in [0.05, 0.1) is 0 Å². The lowest BCUT2D eigenvalue weighted by Gasteiger charge is -2.40. The van der Waals surface area contributed by atoms with Crippen molar-refractivity contribution in [2.24, 2.45) is 0 Å². The van der Waals surface area contributed by atoms with Crippen molar-refractivity contribution >= 4 is 18.0 Å². The summed E-state index contributed by atoms with van der Waals surface area (Å²) >= 11 is 0. The van der Waals surface area contributed by atoms with Crippen LogP contribution in [0, 0.1) is 0 Å². The number of carbonyl (C=O) groups excluding carboxylic acids is 2. The van der Waals surface area contributed by atoms with E-state index in [2.05, 4.69) is 29.2 Å². The van der Waals surface area contributed by atoms with Gasteiger partial charge in [-0.25, -0.2) is 4.79 Å². The molecular weight excluding hydrogens is 328 g/mol. The lowest BCUT2D eigenvalue weighted by Crippen LogP contribution is -2.57. The van der Waals surface area contributed by atoms with Crippen LogP contribution in [0.4, 0.5) is 4.79 Å². The van der Waals surface area contributed by atoms with Crippen LogP contribution in [0.1, 0.15) is 12.5 Å². The third-order valence-corrected chi connectivity index (χ3v) is 5.11. The van der Waals surface area contributed by atoms with Crippen molar-refractivity contribution in [3.8, 4) is 0 Å². The van der Waals surface area contributed by atoms with Gasteiger partial charge in [-0.1, -0.05) is 42.5 Å². The molecule has 2 aliphatic rings. The Morgan fingerprint density at radius 3 is 1.96 bits per heavy atom. The van der Waals surface area contributed by atoms with Crippen molar-refractivity contribution in [1.82, 2.24) is 19.6 Å². The summed E-state index contributed by atoms with van der Waals surface area (Å²) in [6.07, 6.45) is 4.33. The Balaban J connectivity index is 1.40. The minimum absolute atomic E-state index is 0.0919. The number of hydrogen-bond donors (Lipinski definition) is 0. The van der Waals surface area contributed by atoms with Gasteiger partial charge in [-0.2, -0.15) is 0 Å². The van der Waals surface area contributed by atoms with Crippen LogP contribution >= 0.6 is 0 Å². The fourth-order valence-corrected chi connectivity index (χ4v) is 3.44. The summed E-state index contributed by atoms with van der Waals surface area (Å²) in [4.78, 5) is 32.0. The third-order valence-electron chi connectivity index (χ3n) is 5.11. The van der Waals surface area contributed by atoms with Crippen molar-refractivity contribution in [3.05, 3.63) is 42.0 Å². The van der Waals surface area contributed by atoms with Crippen LogP contribution < -0.4 is 0 Å². The van der Waals surface area contributed by atoms with Gasteiger partial charge in [0.25, 0.3) is 0 Å². The molecule has 0 unspecified atom stereocenters. The number of carbonyl (C=O) groups is 2. The van der Waals surface area contributed by atoms with Gasteiger partial charge in [-0.15, -0.1) is 0 Å². The summed E-state index contributed by atoms with van der Waals surface area (Å²) in [5.74, 6) is 0.0919. The lowest BCUT2D eigenvalue weighted by atomic mass is 10.2. The molecule has 0 atom stereocenters. The highest BCUT2D eigenvalue weighted by atomic mass is 16.2. The van der Waals surface area contributed by atoms with E-state index >= 15 is 0 Å². The molecule has 140 valence electrons. The van der Waals surface area contributed by atoms with Gasteiger partial charge in [0.1, 0.15) is 0 Å². The largest absolute Gasteiger partial charge is 0.339 e. The van der Waals surface area contributed by atoms with E-state index in [1.807, 2.05) is 28.0 Å². The zero-order valence-electron chi connectivity index (χ0n) is 15.5. The zero-order valence-corrected chi connectivity index (χ0v) is 15.5. The van der Waals surface area contributed by atoms with Gasteiger partial charge in [-0.05, 0) is 5.56 Å². The highest BCUT2D eigenvalue weighted by Crippen LogP contribution is 2.10. The summed E-state index contributed by atoms with van der Waals surface area (Å²) in [7, 11) is 0. The van der Waals surface area contributed by atoms with E-state index in [-0.39, 0.29) is 11.9 Å². The Hall–Kier alpha value is -2.34. The molecule has 0 saturated carbocycles. The first kappa shape index (κ1) is 18.5. The van der Waals surface area contributed by atoms with Crippen LogP contribution in [0.15, 0.2) is 36.4 Å². The van der Waals surface area contributed by atoms with Crippen molar-refractivity contribution in [2.75, 3.05) is 58.9 Å². The Labute approximate surface area is 155 Å². The SMILES string of the molecule is CC(=O)N1CCN(C(=O)N2CCN(C/C=C/c3ccccc3)CC2)CC1. The number of nitrogens with zero attached hydrogens (tertiary/aromatic N) is 4. The molecule has 2 fully saturated rings. The number of piperazine rings is 2. The summed E-state index contributed by atoms with van der Waals surface area (Å²) in [5.41, 5.74) is 1.21. The molecule has 0 N–H and O–H groups in total. The van der Waals surface area contributed by atoms with Crippen LogP contribution in [-0.4, -0.2) is 90.4 Å². The van der Waals surface area contributed by atoms with E-state index in [1.54, 1.807) is 11.8 Å². The van der Waals surface area contributed by atoms with E-state index in [0.717, 1.165) is 32.7 Å². The highest BCUT2D eigenvalue weighted by molar-refractivity contribution is 5.76. The number of amides is 3. The van der Waals surface area contributed by atoms with Crippen LogP contribution in [0.25, 0.3) is 6.08 Å². The molecule has 0 aromatic heterocycles. The normalized spacial score (nSPS) is 19.2. The van der Waals surface area contributed by atoms with Gasteiger partial charge in [0, 0.05) is 65.8 Å². The van der Waals surface area contributed by atoms with Crippen molar-refractivity contribution < 1.29 is 9.59 Å². The van der Waals surface area contributed by atoms with Gasteiger partial charge in [0.2, 0.25) is 5.91 Å². The predicted octanol–water partition coefficient (Wildman–Crippen LogP) is 1.60. The van der Waals surface area contributed by atoms with E-state index < -0.39 is 0 Å². The third kappa shape index (κ3) is 4.85. The lowest BCUT2D eigenvalue weighted by molar-refractivity contribution is -0.130. The molecule has 6 nitrogen and oxygen atoms in total. The molecule has 2 heterocycles. The van der Waals surface area contributed by atoms with Crippen LogP contribution in [0.5, 0.6) is 0 Å². The highest BCUT2D eigenvalue weighted by Gasteiger charge is 2.28. The molecule has 3 rings (SSSR count). The van der Waals surface area contributed by atoms with Crippen molar-refractivity contribution in [2.45, 2.75) is 6.92 Å². The topological polar surface area (TPSA) is 47.1 Å². The molecule has 0 spiro atoms. The standard InChI is InChI=1S/C20H28N4O2/c1-18(25)22-14-16-24(17-15-22)20(26)23-12-10-21(11-13-23)9-5-8-19-6-3-2-4-7-19/h2-8H,9-17H2,1H3/b8-5+. The Bertz CT molecular complexity index is 630. The molecule has 6 heteroatoms. The van der Waals surface area contributed by atoms with E-state index in [9.17, 15) is 9.59 Å². The van der Waals surface area contributed by atoms with Crippen LogP contribution in [0.3, 0.4) is 0 Å². The average Bonchev–Trinajstić information content (AvgIpc) is 2.69. The van der Waals surface area contributed by atoms with Gasteiger partial charge in [-0.3, -0.25) is 9.69 Å². The minimum Gasteiger partial charge on any atom is -0.339 e. The first-order valence-electron chi connectivity index (χ1n) is 9.37. The second kappa shape index (κ2) is 8.85. The maximum atomic E-state index is 12.7. The van der Waals surface area contributed by atoms with Crippen LogP contribution in [-0.2, 0) is 4.79 Å². The van der Waals surface area contributed by atoms with Crippen molar-refractivity contribution in [1.29, 1.82) is 0 Å². The fourth-order valence-electron chi connectivity index (χ4n) is 3.44. The molecule has 0 radical (unpaired) electrons. The first-order valence-corrected chi connectivity index (χ1v) is 9.37. The van der Waals surface area contributed by atoms with Crippen LogP contribution in [0.2, 0.25) is 0 Å². The molecular formula is C20H28N4O2.